The van der Waals surface area contributed by atoms with Crippen LogP contribution in [0, 0.1) is 0 Å². The number of carbonyl (C=O) groups excluding carboxylic acids is 1. The van der Waals surface area contributed by atoms with Crippen molar-refractivity contribution in [3.05, 3.63) is 84.4 Å². The SMILES string of the molecule is CN(c1cccc(NC(=O)c2ccc(NS(=O)(=O)c3ccccc3)cc2)c1)S(C)(=O)=O. The summed E-state index contributed by atoms with van der Waals surface area (Å²) in [7, 11) is -5.73. The molecule has 1 amide bonds. The highest BCUT2D eigenvalue weighted by Crippen LogP contribution is 2.21. The zero-order valence-electron chi connectivity index (χ0n) is 16.8. The minimum absolute atomic E-state index is 0.135. The Balaban J connectivity index is 1.71. The second-order valence-corrected chi connectivity index (χ2v) is 10.4. The van der Waals surface area contributed by atoms with Crippen LogP contribution in [0.2, 0.25) is 0 Å². The molecule has 0 saturated heterocycles. The maximum atomic E-state index is 12.5. The molecule has 31 heavy (non-hydrogen) atoms. The first-order valence-corrected chi connectivity index (χ1v) is 12.4. The topological polar surface area (TPSA) is 113 Å². The second kappa shape index (κ2) is 8.78. The van der Waals surface area contributed by atoms with Crippen molar-refractivity contribution in [1.82, 2.24) is 0 Å². The third-order valence-corrected chi connectivity index (χ3v) is 7.02. The van der Waals surface area contributed by atoms with Gasteiger partial charge in [-0.2, -0.15) is 0 Å². The van der Waals surface area contributed by atoms with Crippen LogP contribution in [-0.4, -0.2) is 36.0 Å². The molecule has 162 valence electrons. The number of rotatable bonds is 7. The van der Waals surface area contributed by atoms with Crippen molar-refractivity contribution in [3.8, 4) is 0 Å². The molecule has 0 unspecified atom stereocenters. The van der Waals surface area contributed by atoms with Crippen molar-refractivity contribution in [2.24, 2.45) is 0 Å². The van der Waals surface area contributed by atoms with Crippen LogP contribution in [-0.2, 0) is 20.0 Å². The summed E-state index contributed by atoms with van der Waals surface area (Å²) in [5.74, 6) is -0.420. The molecule has 3 rings (SSSR count). The minimum Gasteiger partial charge on any atom is -0.322 e. The van der Waals surface area contributed by atoms with E-state index >= 15 is 0 Å². The van der Waals surface area contributed by atoms with Crippen molar-refractivity contribution in [2.75, 3.05) is 27.6 Å². The summed E-state index contributed by atoms with van der Waals surface area (Å²) in [4.78, 5) is 12.7. The van der Waals surface area contributed by atoms with Gasteiger partial charge in [-0.3, -0.25) is 13.8 Å². The Morgan fingerprint density at radius 1 is 0.806 bits per heavy atom. The lowest BCUT2D eigenvalue weighted by Crippen LogP contribution is -2.24. The minimum atomic E-state index is -3.72. The van der Waals surface area contributed by atoms with Gasteiger partial charge < -0.3 is 5.32 Å². The van der Waals surface area contributed by atoms with Crippen molar-refractivity contribution >= 4 is 43.0 Å². The zero-order valence-corrected chi connectivity index (χ0v) is 18.4. The highest BCUT2D eigenvalue weighted by atomic mass is 32.2. The smallest absolute Gasteiger partial charge is 0.261 e. The summed E-state index contributed by atoms with van der Waals surface area (Å²) < 4.78 is 51.7. The summed E-state index contributed by atoms with van der Waals surface area (Å²) in [5, 5.41) is 2.70. The van der Waals surface area contributed by atoms with Gasteiger partial charge in [0, 0.05) is 24.0 Å². The van der Waals surface area contributed by atoms with Gasteiger partial charge in [-0.15, -0.1) is 0 Å². The van der Waals surface area contributed by atoms with E-state index < -0.39 is 26.0 Å². The number of benzene rings is 3. The van der Waals surface area contributed by atoms with Gasteiger partial charge in [-0.1, -0.05) is 24.3 Å². The molecule has 0 aliphatic heterocycles. The summed E-state index contributed by atoms with van der Waals surface area (Å²) in [6, 6.07) is 20.3. The lowest BCUT2D eigenvalue weighted by Gasteiger charge is -2.17. The molecular formula is C21H21N3O5S2. The third kappa shape index (κ3) is 5.62. The number of nitrogens with one attached hydrogen (secondary N) is 2. The first kappa shape index (κ1) is 22.3. The van der Waals surface area contributed by atoms with Crippen LogP contribution in [0.1, 0.15) is 10.4 Å². The zero-order chi connectivity index (χ0) is 22.6. The Morgan fingerprint density at radius 3 is 2.06 bits per heavy atom. The molecule has 3 aromatic rings. The first-order valence-electron chi connectivity index (χ1n) is 9.09. The maximum absolute atomic E-state index is 12.5. The van der Waals surface area contributed by atoms with E-state index in [0.29, 0.717) is 22.6 Å². The van der Waals surface area contributed by atoms with Gasteiger partial charge in [0.25, 0.3) is 15.9 Å². The fraction of sp³-hybridized carbons (Fsp3) is 0.0952. The van der Waals surface area contributed by atoms with E-state index in [1.54, 1.807) is 42.5 Å². The Labute approximate surface area is 181 Å². The summed E-state index contributed by atoms with van der Waals surface area (Å²) in [6.07, 6.45) is 1.09. The Hall–Kier alpha value is -3.37. The molecule has 10 heteroatoms. The maximum Gasteiger partial charge on any atom is 0.261 e. The number of hydrogen-bond acceptors (Lipinski definition) is 5. The van der Waals surface area contributed by atoms with Crippen LogP contribution in [0.3, 0.4) is 0 Å². The van der Waals surface area contributed by atoms with Gasteiger partial charge in [0.2, 0.25) is 10.0 Å². The van der Waals surface area contributed by atoms with Crippen LogP contribution in [0.25, 0.3) is 0 Å². The van der Waals surface area contributed by atoms with Crippen molar-refractivity contribution < 1.29 is 21.6 Å². The van der Waals surface area contributed by atoms with E-state index in [9.17, 15) is 21.6 Å². The molecule has 0 atom stereocenters. The van der Waals surface area contributed by atoms with Crippen LogP contribution in [0.15, 0.2) is 83.8 Å². The van der Waals surface area contributed by atoms with E-state index in [4.69, 9.17) is 0 Å². The molecule has 0 fully saturated rings. The molecule has 8 nitrogen and oxygen atoms in total. The van der Waals surface area contributed by atoms with Gasteiger partial charge in [0.1, 0.15) is 0 Å². The van der Waals surface area contributed by atoms with E-state index in [0.717, 1.165) is 10.6 Å². The summed E-state index contributed by atoms with van der Waals surface area (Å²) in [5.41, 5.74) is 1.46. The van der Waals surface area contributed by atoms with Crippen LogP contribution < -0.4 is 14.3 Å². The molecule has 3 aromatic carbocycles. The van der Waals surface area contributed by atoms with E-state index in [-0.39, 0.29) is 4.90 Å². The predicted molar refractivity (Wildman–Crippen MR) is 121 cm³/mol. The van der Waals surface area contributed by atoms with Gasteiger partial charge >= 0.3 is 0 Å². The Bertz CT molecular complexity index is 1290. The molecule has 0 aromatic heterocycles. The van der Waals surface area contributed by atoms with Gasteiger partial charge in [0.15, 0.2) is 0 Å². The van der Waals surface area contributed by atoms with E-state index in [1.165, 1.54) is 43.4 Å². The second-order valence-electron chi connectivity index (χ2n) is 6.73. The number of nitrogens with zero attached hydrogens (tertiary/aromatic N) is 1. The molecule has 0 saturated carbocycles. The van der Waals surface area contributed by atoms with Gasteiger partial charge in [-0.05, 0) is 54.6 Å². The van der Waals surface area contributed by atoms with Gasteiger partial charge in [0.05, 0.1) is 16.8 Å². The lowest BCUT2D eigenvalue weighted by atomic mass is 10.2. The van der Waals surface area contributed by atoms with E-state index in [2.05, 4.69) is 10.0 Å². The number of anilines is 3. The van der Waals surface area contributed by atoms with Crippen LogP contribution >= 0.6 is 0 Å². The van der Waals surface area contributed by atoms with Crippen molar-refractivity contribution in [2.45, 2.75) is 4.90 Å². The Morgan fingerprint density at radius 2 is 1.45 bits per heavy atom. The first-order chi connectivity index (χ1) is 14.6. The fourth-order valence-corrected chi connectivity index (χ4v) is 4.25. The highest BCUT2D eigenvalue weighted by Gasteiger charge is 2.15. The molecule has 0 bridgehead atoms. The third-order valence-electron chi connectivity index (χ3n) is 4.42. The largest absolute Gasteiger partial charge is 0.322 e. The number of amides is 1. The van der Waals surface area contributed by atoms with Crippen molar-refractivity contribution in [3.63, 3.8) is 0 Å². The summed E-state index contributed by atoms with van der Waals surface area (Å²) >= 11 is 0. The number of sulfonamides is 2. The highest BCUT2D eigenvalue weighted by molar-refractivity contribution is 7.92. The lowest BCUT2D eigenvalue weighted by molar-refractivity contribution is 0.102. The molecular weight excluding hydrogens is 438 g/mol. The quantitative estimate of drug-likeness (QED) is 0.564. The molecule has 0 heterocycles. The molecule has 2 N–H and O–H groups in total. The summed E-state index contributed by atoms with van der Waals surface area (Å²) in [6.45, 7) is 0. The van der Waals surface area contributed by atoms with Gasteiger partial charge in [-0.25, -0.2) is 16.8 Å². The molecule has 0 spiro atoms. The molecule has 0 aliphatic carbocycles. The number of carbonyl (C=O) groups is 1. The predicted octanol–water partition coefficient (Wildman–Crippen LogP) is 3.14. The monoisotopic (exact) mass is 459 g/mol. The van der Waals surface area contributed by atoms with E-state index in [1.807, 2.05) is 0 Å². The van der Waals surface area contributed by atoms with Crippen molar-refractivity contribution in [1.29, 1.82) is 0 Å². The molecule has 0 radical (unpaired) electrons. The standard InChI is InChI=1S/C21H21N3O5S2/c1-24(30(2,26)27)19-8-6-7-18(15-19)22-21(25)16-11-13-17(14-12-16)23-31(28,29)20-9-4-3-5-10-20/h3-15,23H,1-2H3,(H,22,25). The van der Waals surface area contributed by atoms with Crippen LogP contribution in [0.5, 0.6) is 0 Å². The number of hydrogen-bond donors (Lipinski definition) is 2. The molecule has 0 aliphatic rings. The fourth-order valence-electron chi connectivity index (χ4n) is 2.68. The Kier molecular flexibility index (Phi) is 6.32. The van der Waals surface area contributed by atoms with Crippen LogP contribution in [0.4, 0.5) is 17.1 Å². The normalized spacial score (nSPS) is 11.5. The average Bonchev–Trinajstić information content (AvgIpc) is 2.73. The average molecular weight is 460 g/mol.